The Morgan fingerprint density at radius 2 is 2.10 bits per heavy atom. The zero-order chi connectivity index (χ0) is 14.1. The Morgan fingerprint density at radius 1 is 1.30 bits per heavy atom. The topological polar surface area (TPSA) is 29.3 Å². The van der Waals surface area contributed by atoms with E-state index in [-0.39, 0.29) is 10.8 Å². The Hall–Kier alpha value is -1.00. The van der Waals surface area contributed by atoms with Crippen molar-refractivity contribution in [3.63, 3.8) is 0 Å². The molecule has 2 N–H and O–H groups in total. The lowest BCUT2D eigenvalue weighted by Crippen LogP contribution is -2.34. The predicted octanol–water partition coefficient (Wildman–Crippen LogP) is 3.22. The van der Waals surface area contributed by atoms with Crippen molar-refractivity contribution >= 4 is 17.2 Å². The number of fused-ring (bicyclic) bond motifs is 1. The van der Waals surface area contributed by atoms with Gasteiger partial charge in [-0.2, -0.15) is 0 Å². The molecular formula is C16H21FN2S. The number of benzene rings is 1. The van der Waals surface area contributed by atoms with Crippen LogP contribution in [0.3, 0.4) is 0 Å². The summed E-state index contributed by atoms with van der Waals surface area (Å²) in [5.74, 6) is 0.650. The minimum absolute atomic E-state index is 0.186. The first kappa shape index (κ1) is 14.0. The first-order valence-electron chi connectivity index (χ1n) is 7.47. The van der Waals surface area contributed by atoms with Crippen LogP contribution < -0.4 is 5.73 Å². The van der Waals surface area contributed by atoms with Crippen LogP contribution in [0.1, 0.15) is 43.2 Å². The summed E-state index contributed by atoms with van der Waals surface area (Å²) in [6.07, 6.45) is 6.59. The molecular weight excluding hydrogens is 271 g/mol. The maximum absolute atomic E-state index is 14.1. The van der Waals surface area contributed by atoms with Crippen molar-refractivity contribution in [3.05, 3.63) is 35.1 Å². The monoisotopic (exact) mass is 292 g/mol. The van der Waals surface area contributed by atoms with E-state index in [4.69, 9.17) is 18.0 Å². The fourth-order valence-corrected chi connectivity index (χ4v) is 3.87. The van der Waals surface area contributed by atoms with Gasteiger partial charge in [-0.15, -0.1) is 0 Å². The molecule has 1 saturated carbocycles. The quantitative estimate of drug-likeness (QED) is 0.867. The standard InChI is InChI=1S/C16H21FN2S/c17-14-9-12(16(18)20)5-6-13(14)10-19-8-7-11-3-1-2-4-15(11)19/h5-6,9,11,15H,1-4,7-8,10H2,(H2,18,20). The summed E-state index contributed by atoms with van der Waals surface area (Å²) in [4.78, 5) is 2.71. The van der Waals surface area contributed by atoms with Crippen LogP contribution in [0.25, 0.3) is 0 Å². The Kier molecular flexibility index (Phi) is 4.03. The first-order chi connectivity index (χ1) is 9.65. The molecule has 2 aliphatic rings. The largest absolute Gasteiger partial charge is 0.389 e. The lowest BCUT2D eigenvalue weighted by atomic mass is 9.85. The zero-order valence-corrected chi connectivity index (χ0v) is 12.5. The number of rotatable bonds is 3. The van der Waals surface area contributed by atoms with Gasteiger partial charge < -0.3 is 5.73 Å². The number of hydrogen-bond acceptors (Lipinski definition) is 2. The van der Waals surface area contributed by atoms with Crippen molar-refractivity contribution in [1.82, 2.24) is 4.90 Å². The second-order valence-corrected chi connectivity index (χ2v) is 6.48. The van der Waals surface area contributed by atoms with Crippen LogP contribution in [0.2, 0.25) is 0 Å². The van der Waals surface area contributed by atoms with E-state index >= 15 is 0 Å². The van der Waals surface area contributed by atoms with E-state index in [1.54, 1.807) is 0 Å². The molecule has 1 aromatic carbocycles. The van der Waals surface area contributed by atoms with Gasteiger partial charge >= 0.3 is 0 Å². The Bertz CT molecular complexity index is 517. The molecule has 108 valence electrons. The normalized spacial score (nSPS) is 26.4. The number of nitrogens with two attached hydrogens (primary N) is 1. The van der Waals surface area contributed by atoms with Gasteiger partial charge in [-0.25, -0.2) is 4.39 Å². The summed E-state index contributed by atoms with van der Waals surface area (Å²) in [6, 6.07) is 5.79. The fourth-order valence-electron chi connectivity index (χ4n) is 3.75. The fraction of sp³-hybridized carbons (Fsp3) is 0.562. The highest BCUT2D eigenvalue weighted by Crippen LogP contribution is 2.37. The molecule has 2 atom stereocenters. The highest BCUT2D eigenvalue weighted by molar-refractivity contribution is 7.80. The van der Waals surface area contributed by atoms with Crippen molar-refractivity contribution in [2.45, 2.75) is 44.7 Å². The molecule has 20 heavy (non-hydrogen) atoms. The third kappa shape index (κ3) is 2.72. The van der Waals surface area contributed by atoms with Gasteiger partial charge in [-0.05, 0) is 37.8 Å². The van der Waals surface area contributed by atoms with Crippen LogP contribution in [0.15, 0.2) is 18.2 Å². The second kappa shape index (κ2) is 5.78. The summed E-state index contributed by atoms with van der Waals surface area (Å²) >= 11 is 4.89. The molecule has 3 rings (SSSR count). The van der Waals surface area contributed by atoms with E-state index < -0.39 is 0 Å². The molecule has 0 radical (unpaired) electrons. The van der Waals surface area contributed by atoms with Crippen molar-refractivity contribution in [2.75, 3.05) is 6.54 Å². The summed E-state index contributed by atoms with van der Waals surface area (Å²) in [7, 11) is 0. The lowest BCUT2D eigenvalue weighted by molar-refractivity contribution is 0.174. The Balaban J connectivity index is 1.73. The van der Waals surface area contributed by atoms with E-state index in [9.17, 15) is 4.39 Å². The zero-order valence-electron chi connectivity index (χ0n) is 11.6. The molecule has 0 amide bonds. The predicted molar refractivity (Wildman–Crippen MR) is 83.1 cm³/mol. The third-order valence-corrected chi connectivity index (χ3v) is 5.07. The number of nitrogens with zero attached hydrogens (tertiary/aromatic N) is 1. The van der Waals surface area contributed by atoms with Gasteiger partial charge in [0.2, 0.25) is 0 Å². The first-order valence-corrected chi connectivity index (χ1v) is 7.88. The average molecular weight is 292 g/mol. The van der Waals surface area contributed by atoms with Crippen LogP contribution in [0, 0.1) is 11.7 Å². The summed E-state index contributed by atoms with van der Waals surface area (Å²) in [5.41, 5.74) is 6.91. The van der Waals surface area contributed by atoms with Gasteiger partial charge in [0.1, 0.15) is 10.8 Å². The molecule has 0 aromatic heterocycles. The van der Waals surface area contributed by atoms with Gasteiger partial charge in [0.25, 0.3) is 0 Å². The molecule has 1 aliphatic carbocycles. The highest BCUT2D eigenvalue weighted by Gasteiger charge is 2.35. The Labute approximate surface area is 125 Å². The van der Waals surface area contributed by atoms with Crippen molar-refractivity contribution in [3.8, 4) is 0 Å². The number of hydrogen-bond donors (Lipinski definition) is 1. The van der Waals surface area contributed by atoms with E-state index in [2.05, 4.69) is 4.90 Å². The second-order valence-electron chi connectivity index (χ2n) is 6.04. The minimum atomic E-state index is -0.186. The van der Waals surface area contributed by atoms with Crippen LogP contribution in [0.4, 0.5) is 4.39 Å². The molecule has 0 spiro atoms. The lowest BCUT2D eigenvalue weighted by Gasteiger charge is -2.31. The van der Waals surface area contributed by atoms with Crippen molar-refractivity contribution < 1.29 is 4.39 Å². The smallest absolute Gasteiger partial charge is 0.128 e. The van der Waals surface area contributed by atoms with Gasteiger partial charge in [0, 0.05) is 23.7 Å². The Morgan fingerprint density at radius 3 is 2.85 bits per heavy atom. The molecule has 1 saturated heterocycles. The maximum Gasteiger partial charge on any atom is 0.128 e. The SMILES string of the molecule is NC(=S)c1ccc(CN2CCC3CCCCC32)c(F)c1. The maximum atomic E-state index is 14.1. The van der Waals surface area contributed by atoms with Gasteiger partial charge in [0.15, 0.2) is 0 Å². The summed E-state index contributed by atoms with van der Waals surface area (Å²) < 4.78 is 14.1. The van der Waals surface area contributed by atoms with Gasteiger partial charge in [-0.3, -0.25) is 4.90 Å². The average Bonchev–Trinajstić information content (AvgIpc) is 2.84. The molecule has 2 fully saturated rings. The minimum Gasteiger partial charge on any atom is -0.389 e. The highest BCUT2D eigenvalue weighted by atomic mass is 32.1. The van der Waals surface area contributed by atoms with E-state index in [0.29, 0.717) is 18.2 Å². The summed E-state index contributed by atoms with van der Waals surface area (Å²) in [5, 5.41) is 0. The van der Waals surface area contributed by atoms with Crippen LogP contribution in [-0.4, -0.2) is 22.5 Å². The molecule has 1 aliphatic heterocycles. The number of halogens is 1. The van der Waals surface area contributed by atoms with Gasteiger partial charge in [-0.1, -0.05) is 37.2 Å². The van der Waals surface area contributed by atoms with E-state index in [0.717, 1.165) is 18.0 Å². The van der Waals surface area contributed by atoms with Gasteiger partial charge in [0.05, 0.1) is 0 Å². The third-order valence-electron chi connectivity index (χ3n) is 4.84. The van der Waals surface area contributed by atoms with Crippen molar-refractivity contribution in [1.29, 1.82) is 0 Å². The van der Waals surface area contributed by atoms with Crippen LogP contribution in [0.5, 0.6) is 0 Å². The van der Waals surface area contributed by atoms with Crippen LogP contribution >= 0.6 is 12.2 Å². The molecule has 1 aromatic rings. The molecule has 0 bridgehead atoms. The molecule has 2 unspecified atom stereocenters. The van der Waals surface area contributed by atoms with Crippen molar-refractivity contribution in [2.24, 2.45) is 11.7 Å². The number of likely N-dealkylation sites (tertiary alicyclic amines) is 1. The van der Waals surface area contributed by atoms with Crippen LogP contribution in [-0.2, 0) is 6.54 Å². The molecule has 4 heteroatoms. The van der Waals surface area contributed by atoms with E-state index in [1.807, 2.05) is 12.1 Å². The van der Waals surface area contributed by atoms with E-state index in [1.165, 1.54) is 38.2 Å². The number of thiocarbonyl (C=S) groups is 1. The molecule has 1 heterocycles. The summed E-state index contributed by atoms with van der Waals surface area (Å²) in [6.45, 7) is 1.82. The molecule has 2 nitrogen and oxygen atoms in total.